The molecule has 0 unspecified atom stereocenters. The zero-order valence-corrected chi connectivity index (χ0v) is 60.0. The van der Waals surface area contributed by atoms with E-state index in [1.807, 2.05) is 0 Å². The predicted octanol–water partition coefficient (Wildman–Crippen LogP) is 20.5. The number of nitrogens with one attached hydrogen (secondary N) is 4. The number of nitrogens with zero attached hydrogens (tertiary/aromatic N) is 4. The average Bonchev–Trinajstić information content (AvgIpc) is 0.594. The SMILES string of the molecule is CCC1=C(CC)c2cc3[nH]c(cc4[nH]c(c(C#CC#CC56C7C8C5C5C6C7C85C#CC#Cc5c6nc(cc7[nH]c(cc8nc(cc9[nH]c5c(CC)c9CC)C(CC)=C8CC)c(CC)c7CC)C(CC)=C6CC)c5nc(cc1n2)C(CC)=C5CC)c(CC)c4CC)c(CC)c3CC. The van der Waals surface area contributed by atoms with Crippen LogP contribution in [-0.4, -0.2) is 39.9 Å². The van der Waals surface area contributed by atoms with Gasteiger partial charge in [0.1, 0.15) is 0 Å². The standard InChI is InChI=1S/C88H96N8/c1-17-47-51(21-5)69-43-73-55(25-9)59(29-13)83(93-73)63(84-60(30-14)56(26-10)74(94-84)44-70-52(22-6)48(18-2)66(90-70)41-65(47)89-69)37-33-35-39-87-77-80-78(87)82-79(87)81(77)88(80,82)40-36-34-38-64-85-61(31-15)57(27-11)75(95-85)45-71-53(23-7)49(19-3)67(91-71)42-68-50(20-4)54(24-8)72(92-68)46-76-58(28-12)62(32-16)86(64)96-76/h41-46,77-82,89,91,93,96H,17-32H2,1-16H3. The molecule has 6 saturated carbocycles. The topological polar surface area (TPSA) is 115 Å². The van der Waals surface area contributed by atoms with Crippen LogP contribution in [0.5, 0.6) is 0 Å². The monoisotopic (exact) mass is 1260 g/mol. The summed E-state index contributed by atoms with van der Waals surface area (Å²) in [6.45, 7) is 36.5. The maximum atomic E-state index is 5.68. The van der Waals surface area contributed by atoms with Crippen molar-refractivity contribution >= 4 is 88.7 Å². The van der Waals surface area contributed by atoms with Gasteiger partial charge in [-0.3, -0.25) is 0 Å². The third-order valence-electron chi connectivity index (χ3n) is 24.9. The van der Waals surface area contributed by atoms with Crippen LogP contribution in [0, 0.1) is 93.7 Å². The lowest BCUT2D eigenvalue weighted by atomic mass is 8.92. The molecule has 6 fully saturated rings. The van der Waals surface area contributed by atoms with Gasteiger partial charge in [0, 0.05) is 43.9 Å². The number of hydrogen-bond acceptors (Lipinski definition) is 4. The fourth-order valence-electron chi connectivity index (χ4n) is 21.1. The number of aromatic nitrogens is 8. The van der Waals surface area contributed by atoms with Crippen molar-refractivity contribution in [3.8, 4) is 47.4 Å². The molecule has 6 aromatic heterocycles. The van der Waals surface area contributed by atoms with E-state index in [4.69, 9.17) is 19.9 Å². The van der Waals surface area contributed by atoms with Crippen molar-refractivity contribution in [2.75, 3.05) is 0 Å². The van der Waals surface area contributed by atoms with Crippen molar-refractivity contribution in [1.82, 2.24) is 39.9 Å². The van der Waals surface area contributed by atoms with Gasteiger partial charge >= 0.3 is 0 Å². The van der Waals surface area contributed by atoms with Crippen LogP contribution in [0.15, 0.2) is 36.4 Å². The largest absolute Gasteiger partial charge is 0.355 e. The fourth-order valence-corrected chi connectivity index (χ4v) is 21.1. The summed E-state index contributed by atoms with van der Waals surface area (Å²) in [7, 11) is 0. The number of H-pyrrole nitrogens is 4. The van der Waals surface area contributed by atoms with Crippen molar-refractivity contribution < 1.29 is 0 Å². The highest BCUT2D eigenvalue weighted by molar-refractivity contribution is 6.00. The van der Waals surface area contributed by atoms with Gasteiger partial charge in [-0.15, -0.1) is 0 Å². The molecular weight excluding hydrogens is 1170 g/mol. The summed E-state index contributed by atoms with van der Waals surface area (Å²) in [6.07, 6.45) is 14.4. The Hall–Kier alpha value is -8.56. The number of fused-ring (bicyclic) bond motifs is 16. The Morgan fingerprint density at radius 2 is 0.521 bits per heavy atom. The average molecular weight is 1270 g/mol. The highest BCUT2D eigenvalue weighted by Gasteiger charge is 3.10. The summed E-state index contributed by atoms with van der Waals surface area (Å²) in [5.41, 5.74) is 40.6. The molecule has 8 nitrogen and oxygen atoms in total. The van der Waals surface area contributed by atoms with Gasteiger partial charge in [-0.2, -0.15) is 0 Å². The molecule has 488 valence electrons. The summed E-state index contributed by atoms with van der Waals surface area (Å²) >= 11 is 0. The maximum absolute atomic E-state index is 5.68. The third kappa shape index (κ3) is 8.52. The van der Waals surface area contributed by atoms with Crippen LogP contribution in [0.3, 0.4) is 0 Å². The van der Waals surface area contributed by atoms with E-state index in [9.17, 15) is 0 Å². The Labute approximate surface area is 570 Å². The summed E-state index contributed by atoms with van der Waals surface area (Å²) in [5.74, 6) is 33.4. The smallest absolute Gasteiger partial charge is 0.0850 e. The van der Waals surface area contributed by atoms with Crippen LogP contribution in [0.1, 0.15) is 263 Å². The molecule has 16 bridgehead atoms. The molecule has 0 radical (unpaired) electrons. The lowest BCUT2D eigenvalue weighted by Gasteiger charge is -3.09. The summed E-state index contributed by atoms with van der Waals surface area (Å²) in [4.78, 5) is 38.3. The van der Waals surface area contributed by atoms with E-state index in [0.717, 1.165) is 198 Å². The van der Waals surface area contributed by atoms with Gasteiger partial charge in [0.05, 0.1) is 67.7 Å². The zero-order chi connectivity index (χ0) is 67.0. The van der Waals surface area contributed by atoms with Gasteiger partial charge in [-0.05, 0) is 299 Å². The Morgan fingerprint density at radius 3 is 0.833 bits per heavy atom. The molecule has 0 aromatic carbocycles. The third-order valence-corrected chi connectivity index (χ3v) is 24.9. The van der Waals surface area contributed by atoms with Crippen molar-refractivity contribution in [2.45, 2.75) is 214 Å². The summed E-state index contributed by atoms with van der Waals surface area (Å²) < 4.78 is 0. The van der Waals surface area contributed by atoms with Crippen LogP contribution < -0.4 is 0 Å². The minimum Gasteiger partial charge on any atom is -0.355 e. The first-order valence-electron chi connectivity index (χ1n) is 37.5. The van der Waals surface area contributed by atoms with Gasteiger partial charge in [0.15, 0.2) is 0 Å². The van der Waals surface area contributed by atoms with Gasteiger partial charge in [-0.1, -0.05) is 123 Å². The Morgan fingerprint density at radius 1 is 0.271 bits per heavy atom. The highest BCUT2D eigenvalue weighted by Crippen LogP contribution is 3.10. The number of allylic oxidation sites excluding steroid dienone is 8. The van der Waals surface area contributed by atoms with Crippen molar-refractivity contribution in [3.63, 3.8) is 0 Å². The first-order chi connectivity index (χ1) is 46.9. The first-order valence-corrected chi connectivity index (χ1v) is 37.5. The van der Waals surface area contributed by atoms with E-state index < -0.39 is 0 Å². The molecule has 4 N–H and O–H groups in total. The Bertz CT molecular complexity index is 5040. The molecular formula is C88H96N8. The highest BCUT2D eigenvalue weighted by atomic mass is 15.1. The fraction of sp³-hybridized carbons (Fsp3) is 0.455. The van der Waals surface area contributed by atoms with E-state index in [-0.39, 0.29) is 10.8 Å². The number of hydrogen-bond donors (Lipinski definition) is 4. The Balaban J connectivity index is 0.825. The molecule has 0 amide bonds. The van der Waals surface area contributed by atoms with Gasteiger partial charge in [0.2, 0.25) is 0 Å². The minimum absolute atomic E-state index is 0.0883. The quantitative estimate of drug-likeness (QED) is 0.0723. The van der Waals surface area contributed by atoms with Crippen LogP contribution >= 0.6 is 0 Å². The zero-order valence-electron chi connectivity index (χ0n) is 60.0. The van der Waals surface area contributed by atoms with Gasteiger partial charge < -0.3 is 19.9 Å². The van der Waals surface area contributed by atoms with Crippen LogP contribution in [-0.2, 0) is 51.4 Å². The second-order valence-electron chi connectivity index (χ2n) is 28.1. The van der Waals surface area contributed by atoms with Crippen LogP contribution in [0.2, 0.25) is 0 Å². The molecule has 10 aliphatic rings. The van der Waals surface area contributed by atoms with E-state index in [2.05, 4.69) is 214 Å². The van der Waals surface area contributed by atoms with E-state index in [1.165, 1.54) is 94.6 Å². The molecule has 10 heterocycles. The molecule has 6 aromatic rings. The molecule has 8 heteroatoms. The van der Waals surface area contributed by atoms with Gasteiger partial charge in [-0.25, -0.2) is 19.9 Å². The van der Waals surface area contributed by atoms with Crippen molar-refractivity contribution in [1.29, 1.82) is 0 Å². The van der Waals surface area contributed by atoms with Crippen LogP contribution in [0.4, 0.5) is 0 Å². The number of aryl methyl sites for hydroxylation is 8. The molecule has 16 rings (SSSR count). The minimum atomic E-state index is 0.0883. The van der Waals surface area contributed by atoms with E-state index >= 15 is 0 Å². The van der Waals surface area contributed by atoms with E-state index in [0.29, 0.717) is 35.5 Å². The summed E-state index contributed by atoms with van der Waals surface area (Å²) in [5, 5.41) is 0. The maximum Gasteiger partial charge on any atom is 0.0850 e. The second kappa shape index (κ2) is 24.2. The molecule has 0 atom stereocenters. The molecule has 6 aliphatic carbocycles. The summed E-state index contributed by atoms with van der Waals surface area (Å²) in [6, 6.07) is 14.0. The number of rotatable bonds is 16. The Kier molecular flexibility index (Phi) is 16.0. The molecule has 0 spiro atoms. The normalized spacial score (nSPS) is 22.6. The first kappa shape index (κ1) is 63.5. The van der Waals surface area contributed by atoms with Crippen molar-refractivity contribution in [2.24, 2.45) is 46.3 Å². The van der Waals surface area contributed by atoms with E-state index in [1.54, 1.807) is 0 Å². The van der Waals surface area contributed by atoms with Crippen LogP contribution in [0.25, 0.3) is 88.7 Å². The van der Waals surface area contributed by atoms with Gasteiger partial charge in [0.25, 0.3) is 0 Å². The molecule has 96 heavy (non-hydrogen) atoms. The lowest BCUT2D eigenvalue weighted by molar-refractivity contribution is -0.624. The molecule has 4 aliphatic heterocycles. The second-order valence-corrected chi connectivity index (χ2v) is 28.1. The lowest BCUT2D eigenvalue weighted by Crippen LogP contribution is -3.09. The van der Waals surface area contributed by atoms with Crippen molar-refractivity contribution in [3.05, 3.63) is 138 Å². The molecule has 0 saturated heterocycles. The number of aromatic amines is 4. The predicted molar refractivity (Wildman–Crippen MR) is 402 cm³/mol.